The topological polar surface area (TPSA) is 30.7 Å². The van der Waals surface area contributed by atoms with Gasteiger partial charge in [-0.15, -0.1) is 21.8 Å². The third-order valence-electron chi connectivity index (χ3n) is 2.59. The van der Waals surface area contributed by atoms with Crippen molar-refractivity contribution in [1.29, 1.82) is 0 Å². The zero-order chi connectivity index (χ0) is 11.1. The van der Waals surface area contributed by atoms with Crippen LogP contribution in [0.15, 0.2) is 0 Å². The lowest BCUT2D eigenvalue weighted by molar-refractivity contribution is 0.614. The molecule has 0 aliphatic rings. The Labute approximate surface area is 96.8 Å². The summed E-state index contributed by atoms with van der Waals surface area (Å²) < 4.78 is 2.12. The van der Waals surface area contributed by atoms with E-state index in [1.807, 2.05) is 0 Å². The van der Waals surface area contributed by atoms with Crippen molar-refractivity contribution in [3.05, 3.63) is 11.6 Å². The molecule has 0 aliphatic carbocycles. The highest BCUT2D eigenvalue weighted by molar-refractivity contribution is 6.16. The summed E-state index contributed by atoms with van der Waals surface area (Å²) in [6.45, 7) is 5.24. The Hall–Kier alpha value is -0.570. The minimum Gasteiger partial charge on any atom is -0.314 e. The van der Waals surface area contributed by atoms with Crippen LogP contribution in [0.2, 0.25) is 0 Å². The Kier molecular flexibility index (Phi) is 5.69. The number of nitrogens with zero attached hydrogens (tertiary/aromatic N) is 3. The van der Waals surface area contributed by atoms with Gasteiger partial charge in [-0.2, -0.15) is 0 Å². The van der Waals surface area contributed by atoms with Crippen molar-refractivity contribution in [2.75, 3.05) is 0 Å². The van der Waals surface area contributed by atoms with Crippen molar-refractivity contribution in [2.45, 2.75) is 58.4 Å². The second kappa shape index (κ2) is 6.83. The molecule has 0 saturated heterocycles. The van der Waals surface area contributed by atoms with E-state index in [0.717, 1.165) is 24.6 Å². The molecule has 0 radical (unpaired) electrons. The Balaban J connectivity index is 2.49. The summed E-state index contributed by atoms with van der Waals surface area (Å²) in [5.41, 5.74) is 0. The predicted molar refractivity (Wildman–Crippen MR) is 63.1 cm³/mol. The average molecular weight is 230 g/mol. The lowest BCUT2D eigenvalue weighted by Gasteiger charge is -2.05. The van der Waals surface area contributed by atoms with Gasteiger partial charge in [-0.05, 0) is 13.3 Å². The largest absolute Gasteiger partial charge is 0.314 e. The van der Waals surface area contributed by atoms with Gasteiger partial charge in [0.05, 0.1) is 5.88 Å². The molecule has 0 bridgehead atoms. The summed E-state index contributed by atoms with van der Waals surface area (Å²) in [5.74, 6) is 2.43. The Morgan fingerprint density at radius 3 is 2.40 bits per heavy atom. The van der Waals surface area contributed by atoms with E-state index in [4.69, 9.17) is 11.6 Å². The average Bonchev–Trinajstić information content (AvgIpc) is 2.66. The Morgan fingerprint density at radius 1 is 1.07 bits per heavy atom. The number of hydrogen-bond acceptors (Lipinski definition) is 2. The summed E-state index contributed by atoms with van der Waals surface area (Å²) in [6, 6.07) is 0. The molecule has 0 aromatic carbocycles. The van der Waals surface area contributed by atoms with Crippen molar-refractivity contribution < 1.29 is 0 Å². The summed E-state index contributed by atoms with van der Waals surface area (Å²) in [5, 5.41) is 8.27. The number of aryl methyl sites for hydroxylation is 1. The molecule has 0 fully saturated rings. The Morgan fingerprint density at radius 2 is 1.80 bits per heavy atom. The van der Waals surface area contributed by atoms with Crippen molar-refractivity contribution in [1.82, 2.24) is 14.8 Å². The third-order valence-corrected chi connectivity index (χ3v) is 2.83. The molecule has 1 aromatic rings. The fourth-order valence-electron chi connectivity index (χ4n) is 1.73. The van der Waals surface area contributed by atoms with E-state index < -0.39 is 0 Å². The van der Waals surface area contributed by atoms with E-state index >= 15 is 0 Å². The lowest BCUT2D eigenvalue weighted by atomic mass is 10.1. The highest BCUT2D eigenvalue weighted by atomic mass is 35.5. The molecule has 0 unspecified atom stereocenters. The first-order valence-corrected chi connectivity index (χ1v) is 6.33. The number of halogens is 1. The van der Waals surface area contributed by atoms with E-state index in [1.54, 1.807) is 0 Å². The number of hydrogen-bond donors (Lipinski definition) is 0. The van der Waals surface area contributed by atoms with Gasteiger partial charge in [0.2, 0.25) is 0 Å². The maximum Gasteiger partial charge on any atom is 0.147 e. The van der Waals surface area contributed by atoms with Crippen LogP contribution in [-0.2, 0) is 18.8 Å². The third kappa shape index (κ3) is 3.49. The van der Waals surface area contributed by atoms with Crippen LogP contribution in [0.4, 0.5) is 0 Å². The molecular weight excluding hydrogens is 210 g/mol. The summed E-state index contributed by atoms with van der Waals surface area (Å²) in [4.78, 5) is 0. The van der Waals surface area contributed by atoms with Crippen LogP contribution < -0.4 is 0 Å². The predicted octanol–water partition coefficient (Wildman–Crippen LogP) is 3.16. The molecule has 86 valence electrons. The van der Waals surface area contributed by atoms with Crippen LogP contribution in [0.3, 0.4) is 0 Å². The van der Waals surface area contributed by atoms with Crippen LogP contribution in [-0.4, -0.2) is 14.8 Å². The molecule has 0 amide bonds. The van der Waals surface area contributed by atoms with Crippen LogP contribution in [0.1, 0.15) is 51.2 Å². The zero-order valence-corrected chi connectivity index (χ0v) is 10.4. The van der Waals surface area contributed by atoms with Gasteiger partial charge in [0.25, 0.3) is 0 Å². The van der Waals surface area contributed by atoms with Gasteiger partial charge < -0.3 is 4.57 Å². The van der Waals surface area contributed by atoms with E-state index in [9.17, 15) is 0 Å². The molecule has 0 spiro atoms. The highest BCUT2D eigenvalue weighted by Crippen LogP contribution is 2.09. The standard InChI is InChI=1S/C11H20ClN3/c1-3-5-6-7-8-10-13-14-11(9-12)15(10)4-2/h3-9H2,1-2H3. The maximum atomic E-state index is 5.78. The van der Waals surface area contributed by atoms with Gasteiger partial charge in [0, 0.05) is 13.0 Å². The van der Waals surface area contributed by atoms with Gasteiger partial charge in [-0.3, -0.25) is 0 Å². The molecule has 3 nitrogen and oxygen atoms in total. The van der Waals surface area contributed by atoms with Crippen molar-refractivity contribution >= 4 is 11.6 Å². The van der Waals surface area contributed by atoms with Crippen LogP contribution >= 0.6 is 11.6 Å². The maximum absolute atomic E-state index is 5.78. The number of rotatable bonds is 7. The van der Waals surface area contributed by atoms with E-state index in [0.29, 0.717) is 5.88 Å². The number of unbranched alkanes of at least 4 members (excludes halogenated alkanes) is 3. The molecule has 0 aliphatic heterocycles. The Bertz CT molecular complexity index is 283. The molecule has 1 aromatic heterocycles. The first-order valence-electron chi connectivity index (χ1n) is 5.80. The smallest absolute Gasteiger partial charge is 0.147 e. The van der Waals surface area contributed by atoms with Crippen molar-refractivity contribution in [2.24, 2.45) is 0 Å². The second-order valence-corrected chi connectivity index (χ2v) is 3.99. The van der Waals surface area contributed by atoms with Crippen LogP contribution in [0.25, 0.3) is 0 Å². The molecule has 0 atom stereocenters. The quantitative estimate of drug-likeness (QED) is 0.531. The monoisotopic (exact) mass is 229 g/mol. The highest BCUT2D eigenvalue weighted by Gasteiger charge is 2.08. The zero-order valence-electron chi connectivity index (χ0n) is 9.67. The molecule has 1 heterocycles. The van der Waals surface area contributed by atoms with Gasteiger partial charge in [-0.25, -0.2) is 0 Å². The minimum atomic E-state index is 0.454. The first-order chi connectivity index (χ1) is 7.33. The van der Waals surface area contributed by atoms with E-state index in [2.05, 4.69) is 28.6 Å². The fourth-order valence-corrected chi connectivity index (χ4v) is 1.93. The minimum absolute atomic E-state index is 0.454. The summed E-state index contributed by atoms with van der Waals surface area (Å²) in [7, 11) is 0. The molecule has 1 rings (SSSR count). The lowest BCUT2D eigenvalue weighted by Crippen LogP contribution is -2.05. The SMILES string of the molecule is CCCCCCc1nnc(CCl)n1CC. The summed E-state index contributed by atoms with van der Waals surface area (Å²) >= 11 is 5.78. The van der Waals surface area contributed by atoms with Gasteiger partial charge in [-0.1, -0.05) is 26.2 Å². The molecule has 0 saturated carbocycles. The van der Waals surface area contributed by atoms with Crippen molar-refractivity contribution in [3.63, 3.8) is 0 Å². The van der Waals surface area contributed by atoms with Gasteiger partial charge in [0.15, 0.2) is 0 Å². The second-order valence-electron chi connectivity index (χ2n) is 3.72. The first kappa shape index (κ1) is 12.5. The normalized spacial score (nSPS) is 10.9. The number of alkyl halides is 1. The fraction of sp³-hybridized carbons (Fsp3) is 0.818. The van der Waals surface area contributed by atoms with Gasteiger partial charge in [0.1, 0.15) is 11.6 Å². The summed E-state index contributed by atoms with van der Waals surface area (Å²) in [6.07, 6.45) is 6.09. The molecule has 0 N–H and O–H groups in total. The van der Waals surface area contributed by atoms with E-state index in [-0.39, 0.29) is 0 Å². The van der Waals surface area contributed by atoms with Crippen molar-refractivity contribution in [3.8, 4) is 0 Å². The molecular formula is C11H20ClN3. The molecule has 4 heteroatoms. The molecule has 15 heavy (non-hydrogen) atoms. The van der Waals surface area contributed by atoms with Crippen LogP contribution in [0.5, 0.6) is 0 Å². The van der Waals surface area contributed by atoms with Gasteiger partial charge >= 0.3 is 0 Å². The number of aromatic nitrogens is 3. The van der Waals surface area contributed by atoms with Crippen LogP contribution in [0, 0.1) is 0 Å². The van der Waals surface area contributed by atoms with E-state index in [1.165, 1.54) is 25.7 Å².